The van der Waals surface area contributed by atoms with Crippen molar-refractivity contribution >= 4 is 0 Å². The number of halogens is 2. The number of benzene rings is 1. The standard InChI is InChI=1S/C22H29F2N3O2/c1-15(2)13-28-19-7-17(12-26-11-16-5-6-25-10-16)8-20(9-19)29-14-18-3-4-21(23)27-22(18)24/h3-4,7-9,15-16,25-26H,5-6,10-14H2,1-2H3. The van der Waals surface area contributed by atoms with Crippen LogP contribution in [0.1, 0.15) is 31.4 Å². The lowest BCUT2D eigenvalue weighted by Crippen LogP contribution is -2.24. The van der Waals surface area contributed by atoms with Crippen molar-refractivity contribution in [2.24, 2.45) is 11.8 Å². The highest BCUT2D eigenvalue weighted by Gasteiger charge is 2.14. The van der Waals surface area contributed by atoms with Crippen molar-refractivity contribution in [3.8, 4) is 11.5 Å². The fourth-order valence-electron chi connectivity index (χ4n) is 3.18. The topological polar surface area (TPSA) is 55.4 Å². The summed E-state index contributed by atoms with van der Waals surface area (Å²) in [6, 6.07) is 8.17. The lowest BCUT2D eigenvalue weighted by atomic mass is 10.1. The van der Waals surface area contributed by atoms with E-state index < -0.39 is 11.9 Å². The van der Waals surface area contributed by atoms with Gasteiger partial charge in [0.1, 0.15) is 18.1 Å². The Balaban J connectivity index is 1.65. The quantitative estimate of drug-likeness (QED) is 0.591. The van der Waals surface area contributed by atoms with Gasteiger partial charge >= 0.3 is 0 Å². The summed E-state index contributed by atoms with van der Waals surface area (Å²) < 4.78 is 38.4. The molecule has 1 saturated heterocycles. The van der Waals surface area contributed by atoms with Crippen LogP contribution in [-0.2, 0) is 13.2 Å². The van der Waals surface area contributed by atoms with Crippen LogP contribution in [0.15, 0.2) is 30.3 Å². The maximum absolute atomic E-state index is 13.8. The fraction of sp³-hybridized carbons (Fsp3) is 0.500. The van der Waals surface area contributed by atoms with Crippen molar-refractivity contribution in [3.63, 3.8) is 0 Å². The summed E-state index contributed by atoms with van der Waals surface area (Å²) in [6.07, 6.45) is 1.19. The van der Waals surface area contributed by atoms with Crippen LogP contribution in [0.5, 0.6) is 11.5 Å². The molecule has 29 heavy (non-hydrogen) atoms. The third-order valence-electron chi connectivity index (χ3n) is 4.73. The second-order valence-electron chi connectivity index (χ2n) is 7.88. The largest absolute Gasteiger partial charge is 0.493 e. The smallest absolute Gasteiger partial charge is 0.222 e. The number of pyridine rings is 1. The average Bonchev–Trinajstić information content (AvgIpc) is 3.19. The number of aromatic nitrogens is 1. The van der Waals surface area contributed by atoms with E-state index >= 15 is 0 Å². The molecule has 158 valence electrons. The molecule has 1 aromatic carbocycles. The number of nitrogens with one attached hydrogen (secondary N) is 2. The molecule has 1 aliphatic rings. The van der Waals surface area contributed by atoms with Crippen LogP contribution >= 0.6 is 0 Å². The van der Waals surface area contributed by atoms with Gasteiger partial charge in [-0.05, 0) is 67.7 Å². The van der Waals surface area contributed by atoms with Gasteiger partial charge in [-0.2, -0.15) is 13.8 Å². The van der Waals surface area contributed by atoms with Gasteiger partial charge in [0.05, 0.1) is 6.61 Å². The molecule has 2 N–H and O–H groups in total. The van der Waals surface area contributed by atoms with Gasteiger partial charge in [0.2, 0.25) is 11.9 Å². The molecule has 7 heteroatoms. The Kier molecular flexibility index (Phi) is 7.77. The van der Waals surface area contributed by atoms with E-state index in [2.05, 4.69) is 29.5 Å². The van der Waals surface area contributed by atoms with Crippen LogP contribution in [0.2, 0.25) is 0 Å². The number of nitrogens with zero attached hydrogens (tertiary/aromatic N) is 1. The normalized spacial score (nSPS) is 16.4. The zero-order valence-corrected chi connectivity index (χ0v) is 17.0. The molecule has 0 spiro atoms. The lowest BCUT2D eigenvalue weighted by molar-refractivity contribution is 0.264. The van der Waals surface area contributed by atoms with E-state index in [1.807, 2.05) is 12.1 Å². The van der Waals surface area contributed by atoms with Crippen LogP contribution in [-0.4, -0.2) is 31.2 Å². The highest BCUT2D eigenvalue weighted by atomic mass is 19.1. The summed E-state index contributed by atoms with van der Waals surface area (Å²) in [7, 11) is 0. The van der Waals surface area contributed by atoms with E-state index in [9.17, 15) is 8.78 Å². The predicted molar refractivity (Wildman–Crippen MR) is 108 cm³/mol. The third-order valence-corrected chi connectivity index (χ3v) is 4.73. The van der Waals surface area contributed by atoms with E-state index in [1.165, 1.54) is 12.5 Å². The van der Waals surface area contributed by atoms with Gasteiger partial charge < -0.3 is 20.1 Å². The van der Waals surface area contributed by atoms with Gasteiger partial charge in [-0.1, -0.05) is 13.8 Å². The van der Waals surface area contributed by atoms with Gasteiger partial charge in [-0.3, -0.25) is 0 Å². The lowest BCUT2D eigenvalue weighted by Gasteiger charge is -2.15. The van der Waals surface area contributed by atoms with Gasteiger partial charge in [-0.15, -0.1) is 0 Å². The first kappa shape index (κ1) is 21.5. The second-order valence-corrected chi connectivity index (χ2v) is 7.88. The Bertz CT molecular complexity index is 796. The Morgan fingerprint density at radius 3 is 2.66 bits per heavy atom. The SMILES string of the molecule is CC(C)COc1cc(CNCC2CCNC2)cc(OCc2ccc(F)nc2F)c1. The minimum atomic E-state index is -0.857. The van der Waals surface area contributed by atoms with Gasteiger partial charge in [-0.25, -0.2) is 0 Å². The van der Waals surface area contributed by atoms with Gasteiger partial charge in [0, 0.05) is 18.2 Å². The van der Waals surface area contributed by atoms with Crippen LogP contribution in [0.3, 0.4) is 0 Å². The maximum Gasteiger partial charge on any atom is 0.222 e. The molecule has 2 heterocycles. The molecule has 0 radical (unpaired) electrons. The first-order chi connectivity index (χ1) is 14.0. The van der Waals surface area contributed by atoms with Gasteiger partial charge in [0.25, 0.3) is 0 Å². The fourth-order valence-corrected chi connectivity index (χ4v) is 3.18. The molecule has 1 unspecified atom stereocenters. The number of rotatable bonds is 10. The first-order valence-electron chi connectivity index (χ1n) is 10.1. The molecule has 1 aromatic heterocycles. The van der Waals surface area contributed by atoms with Crippen LogP contribution in [0.25, 0.3) is 0 Å². The van der Waals surface area contributed by atoms with Crippen LogP contribution in [0, 0.1) is 23.7 Å². The van der Waals surface area contributed by atoms with Crippen LogP contribution in [0.4, 0.5) is 8.78 Å². The Morgan fingerprint density at radius 1 is 1.17 bits per heavy atom. The van der Waals surface area contributed by atoms with Crippen LogP contribution < -0.4 is 20.1 Å². The molecule has 0 aliphatic carbocycles. The third kappa shape index (κ3) is 6.94. The molecular weight excluding hydrogens is 376 g/mol. The summed E-state index contributed by atoms with van der Waals surface area (Å²) in [5.74, 6) is 0.642. The minimum Gasteiger partial charge on any atom is -0.493 e. The van der Waals surface area contributed by atoms with E-state index in [1.54, 1.807) is 6.07 Å². The van der Waals surface area contributed by atoms with Crippen molar-refractivity contribution in [1.82, 2.24) is 15.6 Å². The summed E-state index contributed by atoms with van der Waals surface area (Å²) in [6.45, 7) is 8.51. The average molecular weight is 405 g/mol. The molecule has 0 amide bonds. The number of hydrogen-bond donors (Lipinski definition) is 2. The molecule has 5 nitrogen and oxygen atoms in total. The van der Waals surface area contributed by atoms with Crippen molar-refractivity contribution in [2.75, 3.05) is 26.2 Å². The zero-order valence-electron chi connectivity index (χ0n) is 17.0. The summed E-state index contributed by atoms with van der Waals surface area (Å²) in [5, 5.41) is 6.86. The molecule has 0 bridgehead atoms. The number of ether oxygens (including phenoxy) is 2. The van der Waals surface area contributed by atoms with Crippen molar-refractivity contribution in [1.29, 1.82) is 0 Å². The number of hydrogen-bond acceptors (Lipinski definition) is 5. The maximum atomic E-state index is 13.8. The highest BCUT2D eigenvalue weighted by Crippen LogP contribution is 2.25. The van der Waals surface area contributed by atoms with E-state index in [0.717, 1.165) is 31.3 Å². The predicted octanol–water partition coefficient (Wildman–Crippen LogP) is 3.67. The summed E-state index contributed by atoms with van der Waals surface area (Å²) in [5.41, 5.74) is 1.23. The molecule has 2 aromatic rings. The molecule has 0 saturated carbocycles. The Morgan fingerprint density at radius 2 is 1.97 bits per heavy atom. The Hall–Kier alpha value is -2.25. The molecular formula is C22H29F2N3O2. The van der Waals surface area contributed by atoms with Gasteiger partial charge in [0.15, 0.2) is 0 Å². The molecule has 3 rings (SSSR count). The second kappa shape index (κ2) is 10.5. The summed E-state index contributed by atoms with van der Waals surface area (Å²) in [4.78, 5) is 3.19. The summed E-state index contributed by atoms with van der Waals surface area (Å²) >= 11 is 0. The zero-order chi connectivity index (χ0) is 20.6. The van der Waals surface area contributed by atoms with Crippen molar-refractivity contribution in [3.05, 3.63) is 53.4 Å². The molecule has 1 fully saturated rings. The van der Waals surface area contributed by atoms with E-state index in [-0.39, 0.29) is 12.2 Å². The molecule has 1 aliphatic heterocycles. The monoisotopic (exact) mass is 405 g/mol. The minimum absolute atomic E-state index is 0.0344. The molecule has 1 atom stereocenters. The van der Waals surface area contributed by atoms with E-state index in [4.69, 9.17) is 9.47 Å². The van der Waals surface area contributed by atoms with Crippen molar-refractivity contribution in [2.45, 2.75) is 33.4 Å². The van der Waals surface area contributed by atoms with E-state index in [0.29, 0.717) is 36.5 Å². The first-order valence-corrected chi connectivity index (χ1v) is 10.1. The van der Waals surface area contributed by atoms with Crippen molar-refractivity contribution < 1.29 is 18.3 Å². The Labute approximate surface area is 170 Å². The highest BCUT2D eigenvalue weighted by molar-refractivity contribution is 5.38.